The summed E-state index contributed by atoms with van der Waals surface area (Å²) in [7, 11) is 3.29. The van der Waals surface area contributed by atoms with Crippen LogP contribution in [0, 0.1) is 0 Å². The number of rotatable bonds is 6. The van der Waals surface area contributed by atoms with Gasteiger partial charge >= 0.3 is 0 Å². The second-order valence-electron chi connectivity index (χ2n) is 5.44. The average Bonchev–Trinajstić information content (AvgIpc) is 3.11. The number of nitrogens with zero attached hydrogens (tertiary/aromatic N) is 1. The molecule has 0 aliphatic carbocycles. The molecule has 0 aliphatic rings. The molecule has 0 atom stereocenters. The topological polar surface area (TPSA) is 73.2 Å². The maximum atomic E-state index is 5.72. The van der Waals surface area contributed by atoms with Gasteiger partial charge in [0, 0.05) is 16.7 Å². The van der Waals surface area contributed by atoms with E-state index in [0.717, 1.165) is 34.4 Å². The van der Waals surface area contributed by atoms with Gasteiger partial charge in [-0.25, -0.2) is 0 Å². The Morgan fingerprint density at radius 3 is 2.50 bits per heavy atom. The Kier molecular flexibility index (Phi) is 4.82. The van der Waals surface area contributed by atoms with Gasteiger partial charge in [0.05, 0.1) is 26.1 Å². The number of nitrogens with one attached hydrogen (secondary N) is 1. The monoisotopic (exact) mass is 323 g/mol. The third kappa shape index (κ3) is 2.98. The number of aromatic amines is 1. The first-order valence-corrected chi connectivity index (χ1v) is 7.82. The zero-order chi connectivity index (χ0) is 16.9. The fraction of sp³-hybridized carbons (Fsp3) is 0.211. The highest BCUT2D eigenvalue weighted by molar-refractivity contribution is 5.85. The van der Waals surface area contributed by atoms with Crippen LogP contribution in [0.5, 0.6) is 11.5 Å². The van der Waals surface area contributed by atoms with Crippen molar-refractivity contribution in [2.45, 2.75) is 6.42 Å². The minimum absolute atomic E-state index is 0.575. The third-order valence-corrected chi connectivity index (χ3v) is 3.96. The number of hydrogen-bond donors (Lipinski definition) is 2. The number of ether oxygens (including phenoxy) is 2. The highest BCUT2D eigenvalue weighted by Gasteiger charge is 2.18. The maximum Gasteiger partial charge on any atom is 0.168 e. The predicted octanol–water partition coefficient (Wildman–Crippen LogP) is 3.26. The third-order valence-electron chi connectivity index (χ3n) is 3.96. The van der Waals surface area contributed by atoms with Gasteiger partial charge in [-0.3, -0.25) is 5.10 Å². The fourth-order valence-electron chi connectivity index (χ4n) is 2.85. The van der Waals surface area contributed by atoms with Gasteiger partial charge in [0.15, 0.2) is 11.5 Å². The van der Waals surface area contributed by atoms with E-state index in [0.29, 0.717) is 18.0 Å². The van der Waals surface area contributed by atoms with Crippen molar-refractivity contribution in [3.63, 3.8) is 0 Å². The summed E-state index contributed by atoms with van der Waals surface area (Å²) in [6, 6.07) is 14.1. The Hall–Kier alpha value is -2.79. The Morgan fingerprint density at radius 2 is 1.83 bits per heavy atom. The zero-order valence-corrected chi connectivity index (χ0v) is 13.9. The number of H-pyrrole nitrogens is 1. The standard InChI is InChI=1S/C19H21N3O2/c1-23-17-11-13(8-9-20)10-15(19(17)24-2)16-12-21-22-18(16)14-6-4-3-5-7-14/h3-7,10-12H,8-9,20H2,1-2H3,(H,21,22). The molecule has 0 bridgehead atoms. The molecule has 0 saturated carbocycles. The number of aromatic nitrogens is 2. The van der Waals surface area contributed by atoms with Gasteiger partial charge in [-0.15, -0.1) is 0 Å². The molecule has 2 aromatic carbocycles. The molecule has 5 nitrogen and oxygen atoms in total. The van der Waals surface area contributed by atoms with Crippen LogP contribution in [0.25, 0.3) is 22.4 Å². The number of hydrogen-bond acceptors (Lipinski definition) is 4. The number of methoxy groups -OCH3 is 2. The molecule has 1 heterocycles. The summed E-state index contributed by atoms with van der Waals surface area (Å²) < 4.78 is 11.1. The number of benzene rings is 2. The molecule has 1 aromatic heterocycles. The van der Waals surface area contributed by atoms with Crippen LogP contribution >= 0.6 is 0 Å². The Morgan fingerprint density at radius 1 is 1.04 bits per heavy atom. The molecule has 0 aliphatic heterocycles. The molecule has 0 spiro atoms. The van der Waals surface area contributed by atoms with Crippen molar-refractivity contribution in [1.82, 2.24) is 10.2 Å². The summed E-state index contributed by atoms with van der Waals surface area (Å²) in [6.07, 6.45) is 2.58. The van der Waals surface area contributed by atoms with E-state index in [1.807, 2.05) is 42.6 Å². The Labute approximate surface area is 141 Å². The first-order chi connectivity index (χ1) is 11.8. The van der Waals surface area contributed by atoms with Crippen molar-refractivity contribution in [2.75, 3.05) is 20.8 Å². The molecule has 0 fully saturated rings. The molecule has 0 amide bonds. The smallest absolute Gasteiger partial charge is 0.168 e. The van der Waals surface area contributed by atoms with Gasteiger partial charge in [-0.2, -0.15) is 5.10 Å². The van der Waals surface area contributed by atoms with E-state index in [9.17, 15) is 0 Å². The van der Waals surface area contributed by atoms with Gasteiger partial charge in [0.2, 0.25) is 0 Å². The van der Waals surface area contributed by atoms with Crippen LogP contribution in [0.1, 0.15) is 5.56 Å². The first kappa shape index (κ1) is 16.1. The SMILES string of the molecule is COc1cc(CCN)cc(-c2cn[nH]c2-c2ccccc2)c1OC. The van der Waals surface area contributed by atoms with Crippen LogP contribution in [-0.2, 0) is 6.42 Å². The summed E-state index contributed by atoms with van der Waals surface area (Å²) in [6.45, 7) is 0.575. The first-order valence-electron chi connectivity index (χ1n) is 7.82. The number of nitrogens with two attached hydrogens (primary N) is 1. The average molecular weight is 323 g/mol. The van der Waals surface area contributed by atoms with Gasteiger partial charge in [-0.05, 0) is 30.7 Å². The van der Waals surface area contributed by atoms with E-state index in [4.69, 9.17) is 15.2 Å². The summed E-state index contributed by atoms with van der Waals surface area (Å²) in [5.41, 5.74) is 10.7. The normalized spacial score (nSPS) is 10.6. The molecule has 0 radical (unpaired) electrons. The molecule has 0 saturated heterocycles. The van der Waals surface area contributed by atoms with Crippen molar-refractivity contribution in [2.24, 2.45) is 5.73 Å². The molecular formula is C19H21N3O2. The highest BCUT2D eigenvalue weighted by atomic mass is 16.5. The Balaban J connectivity index is 2.19. The molecule has 3 rings (SSSR count). The fourth-order valence-corrected chi connectivity index (χ4v) is 2.85. The van der Waals surface area contributed by atoms with Crippen LogP contribution in [0.2, 0.25) is 0 Å². The lowest BCUT2D eigenvalue weighted by molar-refractivity contribution is 0.356. The van der Waals surface area contributed by atoms with E-state index < -0.39 is 0 Å². The molecular weight excluding hydrogens is 302 g/mol. The van der Waals surface area contributed by atoms with Gasteiger partial charge in [0.25, 0.3) is 0 Å². The van der Waals surface area contributed by atoms with E-state index in [-0.39, 0.29) is 0 Å². The highest BCUT2D eigenvalue weighted by Crippen LogP contribution is 2.42. The summed E-state index contributed by atoms with van der Waals surface area (Å²) >= 11 is 0. The second-order valence-corrected chi connectivity index (χ2v) is 5.44. The Bertz CT molecular complexity index is 813. The van der Waals surface area contributed by atoms with E-state index in [1.54, 1.807) is 14.2 Å². The lowest BCUT2D eigenvalue weighted by Gasteiger charge is -2.15. The van der Waals surface area contributed by atoms with Crippen LogP contribution in [-0.4, -0.2) is 31.0 Å². The lowest BCUT2D eigenvalue weighted by Crippen LogP contribution is -2.04. The van der Waals surface area contributed by atoms with Crippen molar-refractivity contribution in [1.29, 1.82) is 0 Å². The van der Waals surface area contributed by atoms with Crippen LogP contribution in [0.3, 0.4) is 0 Å². The molecule has 3 N–H and O–H groups in total. The van der Waals surface area contributed by atoms with Crippen molar-refractivity contribution in [3.8, 4) is 33.9 Å². The van der Waals surface area contributed by atoms with E-state index in [1.165, 1.54) is 0 Å². The van der Waals surface area contributed by atoms with Crippen molar-refractivity contribution >= 4 is 0 Å². The molecule has 3 aromatic rings. The van der Waals surface area contributed by atoms with Crippen LogP contribution in [0.4, 0.5) is 0 Å². The lowest BCUT2D eigenvalue weighted by atomic mass is 9.97. The van der Waals surface area contributed by atoms with Crippen molar-refractivity contribution < 1.29 is 9.47 Å². The van der Waals surface area contributed by atoms with Crippen molar-refractivity contribution in [3.05, 3.63) is 54.2 Å². The summed E-state index contributed by atoms with van der Waals surface area (Å²) in [4.78, 5) is 0. The second kappa shape index (κ2) is 7.19. The van der Waals surface area contributed by atoms with Gasteiger partial charge < -0.3 is 15.2 Å². The van der Waals surface area contributed by atoms with Crippen LogP contribution < -0.4 is 15.2 Å². The molecule has 0 unspecified atom stereocenters. The predicted molar refractivity (Wildman–Crippen MR) is 95.3 cm³/mol. The van der Waals surface area contributed by atoms with Gasteiger partial charge in [-0.1, -0.05) is 30.3 Å². The van der Waals surface area contributed by atoms with E-state index >= 15 is 0 Å². The summed E-state index contributed by atoms with van der Waals surface area (Å²) in [5, 5.41) is 7.33. The molecule has 5 heteroatoms. The van der Waals surface area contributed by atoms with Crippen LogP contribution in [0.15, 0.2) is 48.7 Å². The van der Waals surface area contributed by atoms with Gasteiger partial charge in [0.1, 0.15) is 0 Å². The van der Waals surface area contributed by atoms with E-state index in [2.05, 4.69) is 16.3 Å². The molecule has 124 valence electrons. The zero-order valence-electron chi connectivity index (χ0n) is 13.9. The largest absolute Gasteiger partial charge is 0.493 e. The minimum Gasteiger partial charge on any atom is -0.493 e. The molecule has 24 heavy (non-hydrogen) atoms. The minimum atomic E-state index is 0.575. The maximum absolute atomic E-state index is 5.72. The quantitative estimate of drug-likeness (QED) is 0.730. The summed E-state index contributed by atoms with van der Waals surface area (Å²) in [5.74, 6) is 1.38.